The predicted molar refractivity (Wildman–Crippen MR) is 124 cm³/mol. The Morgan fingerprint density at radius 1 is 0.964 bits per heavy atom. The lowest BCUT2D eigenvalue weighted by Gasteiger charge is -2.29. The number of halogens is 3. The Morgan fingerprint density at radius 3 is 2.54 bits per heavy atom. The van der Waals surface area contributed by atoms with Gasteiger partial charge in [0.1, 0.15) is 11.5 Å². The zero-order valence-corrected chi connectivity index (χ0v) is 19.3. The molecule has 4 rings (SSSR count). The smallest absolute Gasteiger partial charge is 0.135 e. The summed E-state index contributed by atoms with van der Waals surface area (Å²) in [6, 6.07) is 16.3. The Labute approximate surface area is 187 Å². The first-order valence-electron chi connectivity index (χ1n) is 9.43. The zero-order chi connectivity index (χ0) is 19.5. The second-order valence-corrected chi connectivity index (χ2v) is 9.13. The Bertz CT molecular complexity index is 967. The summed E-state index contributed by atoms with van der Waals surface area (Å²) in [5.41, 5.74) is 3.16. The highest BCUT2D eigenvalue weighted by atomic mass is 79.9. The zero-order valence-electron chi connectivity index (χ0n) is 15.4. The molecule has 2 aromatic carbocycles. The first-order valence-corrected chi connectivity index (χ1v) is 11.4. The van der Waals surface area contributed by atoms with Crippen LogP contribution in [0.5, 0.6) is 0 Å². The van der Waals surface area contributed by atoms with E-state index in [-0.39, 0.29) is 0 Å². The van der Waals surface area contributed by atoms with Gasteiger partial charge in [0.05, 0.1) is 17.3 Å². The molecule has 0 aliphatic carbocycles. The van der Waals surface area contributed by atoms with Crippen LogP contribution in [-0.4, -0.2) is 13.1 Å². The predicted octanol–water partition coefficient (Wildman–Crippen LogP) is 7.73. The summed E-state index contributed by atoms with van der Waals surface area (Å²) in [5, 5.41) is 4.20. The molecule has 0 radical (unpaired) electrons. The molecule has 6 heteroatoms. The molecule has 1 fully saturated rings. The van der Waals surface area contributed by atoms with Gasteiger partial charge in [0.15, 0.2) is 0 Å². The number of nitrogens with one attached hydrogen (secondary N) is 1. The average molecular weight is 525 g/mol. The van der Waals surface area contributed by atoms with Crippen LogP contribution in [-0.2, 0) is 6.54 Å². The number of nitrogens with zero attached hydrogens (tertiary/aromatic N) is 1. The number of hydrogen-bond donors (Lipinski definition) is 1. The van der Waals surface area contributed by atoms with E-state index < -0.39 is 0 Å². The number of benzene rings is 2. The van der Waals surface area contributed by atoms with Gasteiger partial charge < -0.3 is 14.6 Å². The molecule has 0 unspecified atom stereocenters. The van der Waals surface area contributed by atoms with Gasteiger partial charge in [-0.15, -0.1) is 0 Å². The molecule has 3 aromatic rings. The molecule has 1 N–H and O–H groups in total. The maximum Gasteiger partial charge on any atom is 0.135 e. The fourth-order valence-electron chi connectivity index (χ4n) is 3.50. The minimum absolute atomic E-state index is 0.605. The van der Waals surface area contributed by atoms with Crippen molar-refractivity contribution in [2.45, 2.75) is 25.8 Å². The summed E-state index contributed by atoms with van der Waals surface area (Å²) >= 11 is 13.6. The quantitative estimate of drug-likeness (QED) is 0.370. The molecule has 146 valence electrons. The number of hydrogen-bond acceptors (Lipinski definition) is 3. The number of piperidine rings is 1. The standard InChI is InChI=1S/C22H21Br2ClN2O/c23-15-4-7-18(19(24)12-15)22-9-6-17(28-22)14-26-16-5-8-21(20(25)13-16)27-10-2-1-3-11-27/h4-9,12-13,26H,1-3,10-11,14H2. The van der Waals surface area contributed by atoms with Gasteiger partial charge in [0, 0.05) is 33.3 Å². The van der Waals surface area contributed by atoms with E-state index in [1.54, 1.807) is 0 Å². The Hall–Kier alpha value is -1.43. The molecule has 28 heavy (non-hydrogen) atoms. The van der Waals surface area contributed by atoms with Crippen molar-refractivity contribution in [2.75, 3.05) is 23.3 Å². The van der Waals surface area contributed by atoms with Gasteiger partial charge in [-0.05, 0) is 83.7 Å². The second kappa shape index (κ2) is 8.93. The molecular weight excluding hydrogens is 504 g/mol. The van der Waals surface area contributed by atoms with E-state index in [1.165, 1.54) is 19.3 Å². The van der Waals surface area contributed by atoms with Crippen LogP contribution in [0.1, 0.15) is 25.0 Å². The van der Waals surface area contributed by atoms with Gasteiger partial charge >= 0.3 is 0 Å². The van der Waals surface area contributed by atoms with E-state index in [0.717, 1.165) is 55.5 Å². The molecule has 0 bridgehead atoms. The van der Waals surface area contributed by atoms with Crippen molar-refractivity contribution in [1.82, 2.24) is 0 Å². The van der Waals surface area contributed by atoms with Gasteiger partial charge in [0.25, 0.3) is 0 Å². The van der Waals surface area contributed by atoms with E-state index in [4.69, 9.17) is 16.0 Å². The second-order valence-electron chi connectivity index (χ2n) is 6.96. The molecule has 1 aliphatic rings. The van der Waals surface area contributed by atoms with Crippen molar-refractivity contribution in [3.05, 3.63) is 68.3 Å². The molecule has 2 heterocycles. The number of anilines is 2. The van der Waals surface area contributed by atoms with Gasteiger partial charge in [0.2, 0.25) is 0 Å². The molecule has 1 aromatic heterocycles. The monoisotopic (exact) mass is 522 g/mol. The summed E-state index contributed by atoms with van der Waals surface area (Å²) < 4.78 is 8.04. The van der Waals surface area contributed by atoms with E-state index in [1.807, 2.05) is 36.4 Å². The third kappa shape index (κ3) is 4.58. The summed E-state index contributed by atoms with van der Waals surface area (Å²) in [6.45, 7) is 2.79. The van der Waals surface area contributed by atoms with Crippen molar-refractivity contribution in [2.24, 2.45) is 0 Å². The van der Waals surface area contributed by atoms with Crippen LogP contribution in [0.25, 0.3) is 11.3 Å². The molecule has 1 saturated heterocycles. The third-order valence-corrected chi connectivity index (χ3v) is 6.42. The lowest BCUT2D eigenvalue weighted by Crippen LogP contribution is -2.29. The fourth-order valence-corrected chi connectivity index (χ4v) is 5.05. The maximum absolute atomic E-state index is 6.54. The molecule has 1 aliphatic heterocycles. The van der Waals surface area contributed by atoms with Crippen LogP contribution >= 0.6 is 43.5 Å². The Morgan fingerprint density at radius 2 is 1.79 bits per heavy atom. The average Bonchev–Trinajstić information content (AvgIpc) is 3.16. The number of furan rings is 1. The van der Waals surface area contributed by atoms with Crippen LogP contribution in [0.2, 0.25) is 5.02 Å². The highest BCUT2D eigenvalue weighted by molar-refractivity contribution is 9.11. The van der Waals surface area contributed by atoms with Crippen molar-refractivity contribution in [3.8, 4) is 11.3 Å². The summed E-state index contributed by atoms with van der Waals surface area (Å²) in [5.74, 6) is 1.72. The molecule has 0 saturated carbocycles. The Balaban J connectivity index is 1.42. The van der Waals surface area contributed by atoms with Crippen LogP contribution in [0.15, 0.2) is 61.9 Å². The summed E-state index contributed by atoms with van der Waals surface area (Å²) in [6.07, 6.45) is 3.80. The van der Waals surface area contributed by atoms with Crippen molar-refractivity contribution >= 4 is 54.8 Å². The van der Waals surface area contributed by atoms with Crippen molar-refractivity contribution in [1.29, 1.82) is 0 Å². The molecule has 3 nitrogen and oxygen atoms in total. The summed E-state index contributed by atoms with van der Waals surface area (Å²) in [7, 11) is 0. The van der Waals surface area contributed by atoms with E-state index >= 15 is 0 Å². The van der Waals surface area contributed by atoms with Gasteiger partial charge in [-0.1, -0.05) is 27.5 Å². The van der Waals surface area contributed by atoms with Crippen molar-refractivity contribution < 1.29 is 4.42 Å². The van der Waals surface area contributed by atoms with E-state index in [0.29, 0.717) is 6.54 Å². The number of rotatable bonds is 5. The van der Waals surface area contributed by atoms with Gasteiger partial charge in [-0.2, -0.15) is 0 Å². The highest BCUT2D eigenvalue weighted by Crippen LogP contribution is 2.33. The SMILES string of the molecule is Clc1cc(NCc2ccc(-c3ccc(Br)cc3Br)o2)ccc1N1CCCCC1. The maximum atomic E-state index is 6.54. The minimum Gasteiger partial charge on any atom is -0.459 e. The van der Waals surface area contributed by atoms with Gasteiger partial charge in [-0.25, -0.2) is 0 Å². The molecule has 0 atom stereocenters. The first-order chi connectivity index (χ1) is 13.6. The highest BCUT2D eigenvalue weighted by Gasteiger charge is 2.14. The van der Waals surface area contributed by atoms with Crippen LogP contribution in [0.4, 0.5) is 11.4 Å². The fraction of sp³-hybridized carbons (Fsp3) is 0.273. The molecule has 0 amide bonds. The van der Waals surface area contributed by atoms with E-state index in [2.05, 4.69) is 54.2 Å². The van der Waals surface area contributed by atoms with Crippen LogP contribution in [0.3, 0.4) is 0 Å². The minimum atomic E-state index is 0.605. The summed E-state index contributed by atoms with van der Waals surface area (Å²) in [4.78, 5) is 2.38. The van der Waals surface area contributed by atoms with Crippen LogP contribution in [0, 0.1) is 0 Å². The van der Waals surface area contributed by atoms with Crippen LogP contribution < -0.4 is 10.2 Å². The lowest BCUT2D eigenvalue weighted by molar-refractivity contribution is 0.531. The lowest BCUT2D eigenvalue weighted by atomic mass is 10.1. The van der Waals surface area contributed by atoms with Gasteiger partial charge in [-0.3, -0.25) is 0 Å². The normalized spacial score (nSPS) is 14.3. The Kier molecular flexibility index (Phi) is 6.34. The molecular formula is C22H21Br2ClN2O. The largest absolute Gasteiger partial charge is 0.459 e. The first kappa shape index (κ1) is 19.9. The topological polar surface area (TPSA) is 28.4 Å². The van der Waals surface area contributed by atoms with E-state index in [9.17, 15) is 0 Å². The third-order valence-electron chi connectivity index (χ3n) is 4.97. The van der Waals surface area contributed by atoms with Crippen molar-refractivity contribution in [3.63, 3.8) is 0 Å². The molecule has 0 spiro atoms.